The first-order valence-corrected chi connectivity index (χ1v) is 11.5. The van der Waals surface area contributed by atoms with Crippen LogP contribution in [0.1, 0.15) is 10.4 Å². The van der Waals surface area contributed by atoms with Gasteiger partial charge in [-0.05, 0) is 42.5 Å². The molecule has 1 aromatic heterocycles. The number of fused-ring (bicyclic) bond motifs is 1. The van der Waals surface area contributed by atoms with E-state index in [1.807, 2.05) is 4.57 Å². The molecule has 0 aliphatic heterocycles. The third kappa shape index (κ3) is 4.55. The number of sulfone groups is 1. The quantitative estimate of drug-likeness (QED) is 0.575. The molecule has 2 aromatic carbocycles. The Morgan fingerprint density at radius 2 is 1.93 bits per heavy atom. The average molecular weight is 469 g/mol. The highest BCUT2D eigenvalue weighted by molar-refractivity contribution is 9.10. The summed E-state index contributed by atoms with van der Waals surface area (Å²) in [5.74, 6) is -0.358. The smallest absolute Gasteiger partial charge is 0.279 e. The Bertz CT molecular complexity index is 1160. The summed E-state index contributed by atoms with van der Waals surface area (Å²) in [7, 11) is -1.72. The molecule has 1 heterocycles. The fourth-order valence-corrected chi connectivity index (χ4v) is 4.59. The topological polar surface area (TPSA) is 77.7 Å². The second kappa shape index (κ2) is 8.05. The first kappa shape index (κ1) is 19.9. The van der Waals surface area contributed by atoms with Crippen molar-refractivity contribution in [1.29, 1.82) is 0 Å². The summed E-state index contributed by atoms with van der Waals surface area (Å²) in [5, 5.41) is 0. The number of rotatable bonds is 5. The van der Waals surface area contributed by atoms with E-state index >= 15 is 0 Å². The number of benzene rings is 2. The molecule has 0 saturated carbocycles. The number of thiazole rings is 1. The normalized spacial score (nSPS) is 12.6. The summed E-state index contributed by atoms with van der Waals surface area (Å²) in [5.41, 5.74) is 1.29. The van der Waals surface area contributed by atoms with E-state index in [0.29, 0.717) is 23.5 Å². The Kier molecular flexibility index (Phi) is 5.95. The van der Waals surface area contributed by atoms with Crippen LogP contribution in [0.5, 0.6) is 0 Å². The zero-order valence-electron chi connectivity index (χ0n) is 14.7. The van der Waals surface area contributed by atoms with E-state index in [0.717, 1.165) is 14.7 Å². The lowest BCUT2D eigenvalue weighted by atomic mass is 10.2. The molecule has 142 valence electrons. The molecule has 0 N–H and O–H groups in total. The maximum absolute atomic E-state index is 12.5. The van der Waals surface area contributed by atoms with Crippen molar-refractivity contribution in [1.82, 2.24) is 4.57 Å². The van der Waals surface area contributed by atoms with Gasteiger partial charge >= 0.3 is 0 Å². The van der Waals surface area contributed by atoms with Crippen molar-refractivity contribution in [2.24, 2.45) is 4.99 Å². The van der Waals surface area contributed by atoms with Crippen LogP contribution < -0.4 is 4.80 Å². The van der Waals surface area contributed by atoms with Crippen LogP contribution in [0, 0.1) is 0 Å². The fourth-order valence-electron chi connectivity index (χ4n) is 2.51. The molecule has 6 nitrogen and oxygen atoms in total. The van der Waals surface area contributed by atoms with Crippen molar-refractivity contribution < 1.29 is 17.9 Å². The van der Waals surface area contributed by atoms with Crippen LogP contribution in [0.4, 0.5) is 0 Å². The van der Waals surface area contributed by atoms with E-state index in [1.54, 1.807) is 49.6 Å². The SMILES string of the molecule is COCCn1c(=NC(=O)c2ccc(Br)cc2)sc2cc(S(C)(=O)=O)ccc21. The molecule has 0 atom stereocenters. The molecule has 0 aliphatic carbocycles. The van der Waals surface area contributed by atoms with Gasteiger partial charge in [-0.15, -0.1) is 0 Å². The fraction of sp³-hybridized carbons (Fsp3) is 0.222. The van der Waals surface area contributed by atoms with Gasteiger partial charge in [0, 0.05) is 29.9 Å². The zero-order valence-corrected chi connectivity index (χ0v) is 17.9. The van der Waals surface area contributed by atoms with Crippen LogP contribution in [-0.2, 0) is 21.1 Å². The molecule has 0 aliphatic rings. The average Bonchev–Trinajstić information content (AvgIpc) is 2.96. The van der Waals surface area contributed by atoms with Gasteiger partial charge in [0.2, 0.25) is 0 Å². The maximum Gasteiger partial charge on any atom is 0.279 e. The minimum absolute atomic E-state index is 0.237. The standard InChI is InChI=1S/C18H17BrN2O4S2/c1-25-10-9-21-15-8-7-14(27(2,23)24)11-16(15)26-18(21)20-17(22)12-3-5-13(19)6-4-12/h3-8,11H,9-10H2,1-2H3. The number of methoxy groups -OCH3 is 1. The maximum atomic E-state index is 12.5. The number of carbonyl (C=O) groups excluding carboxylic acids is 1. The Balaban J connectivity index is 2.14. The van der Waals surface area contributed by atoms with Gasteiger partial charge in [-0.3, -0.25) is 4.79 Å². The van der Waals surface area contributed by atoms with Crippen molar-refractivity contribution in [2.75, 3.05) is 20.0 Å². The van der Waals surface area contributed by atoms with Crippen molar-refractivity contribution in [3.63, 3.8) is 0 Å². The van der Waals surface area contributed by atoms with E-state index in [-0.39, 0.29) is 10.8 Å². The summed E-state index contributed by atoms with van der Waals surface area (Å²) < 4.78 is 32.3. The van der Waals surface area contributed by atoms with E-state index < -0.39 is 9.84 Å². The minimum Gasteiger partial charge on any atom is -0.383 e. The van der Waals surface area contributed by atoms with Crippen LogP contribution in [0.15, 0.2) is 56.8 Å². The lowest BCUT2D eigenvalue weighted by Crippen LogP contribution is -2.19. The van der Waals surface area contributed by atoms with E-state index in [4.69, 9.17) is 4.74 Å². The molecular formula is C18H17BrN2O4S2. The van der Waals surface area contributed by atoms with Gasteiger partial charge in [-0.25, -0.2) is 8.42 Å². The highest BCUT2D eigenvalue weighted by Gasteiger charge is 2.13. The first-order chi connectivity index (χ1) is 12.8. The molecule has 9 heteroatoms. The van der Waals surface area contributed by atoms with Gasteiger partial charge in [0.15, 0.2) is 14.6 Å². The number of nitrogens with zero attached hydrogens (tertiary/aromatic N) is 2. The molecule has 0 fully saturated rings. The minimum atomic E-state index is -3.31. The number of halogens is 1. The Morgan fingerprint density at radius 1 is 1.22 bits per heavy atom. The van der Waals surface area contributed by atoms with Crippen LogP contribution in [-0.4, -0.2) is 38.9 Å². The number of hydrogen-bond donors (Lipinski definition) is 0. The summed E-state index contributed by atoms with van der Waals surface area (Å²) >= 11 is 4.62. The highest BCUT2D eigenvalue weighted by atomic mass is 79.9. The molecule has 0 saturated heterocycles. The molecule has 0 bridgehead atoms. The van der Waals surface area contributed by atoms with Gasteiger partial charge in [0.1, 0.15) is 0 Å². The zero-order chi connectivity index (χ0) is 19.6. The summed E-state index contributed by atoms with van der Waals surface area (Å²) in [6, 6.07) is 11.9. The predicted molar refractivity (Wildman–Crippen MR) is 109 cm³/mol. The Morgan fingerprint density at radius 3 is 2.56 bits per heavy atom. The van der Waals surface area contributed by atoms with E-state index in [1.165, 1.54) is 17.6 Å². The van der Waals surface area contributed by atoms with Crippen molar-refractivity contribution in [2.45, 2.75) is 11.4 Å². The van der Waals surface area contributed by atoms with Gasteiger partial charge < -0.3 is 9.30 Å². The molecular weight excluding hydrogens is 452 g/mol. The van der Waals surface area contributed by atoms with Crippen LogP contribution in [0.2, 0.25) is 0 Å². The molecule has 1 amide bonds. The van der Waals surface area contributed by atoms with Gasteiger partial charge in [0.05, 0.1) is 21.7 Å². The lowest BCUT2D eigenvalue weighted by Gasteiger charge is -2.05. The summed E-state index contributed by atoms with van der Waals surface area (Å²) in [6.07, 6.45) is 1.17. The van der Waals surface area contributed by atoms with E-state index in [9.17, 15) is 13.2 Å². The number of amides is 1. The second-order valence-corrected chi connectivity index (χ2v) is 9.80. The number of ether oxygens (including phenoxy) is 1. The highest BCUT2D eigenvalue weighted by Crippen LogP contribution is 2.22. The molecule has 3 aromatic rings. The van der Waals surface area contributed by atoms with Crippen LogP contribution >= 0.6 is 27.3 Å². The Labute approximate surface area is 169 Å². The largest absolute Gasteiger partial charge is 0.383 e. The third-order valence-electron chi connectivity index (χ3n) is 3.89. The van der Waals surface area contributed by atoms with Gasteiger partial charge in [-0.2, -0.15) is 4.99 Å². The number of aromatic nitrogens is 1. The second-order valence-electron chi connectivity index (χ2n) is 5.85. The molecule has 27 heavy (non-hydrogen) atoms. The first-order valence-electron chi connectivity index (χ1n) is 7.96. The summed E-state index contributed by atoms with van der Waals surface area (Å²) in [4.78, 5) is 17.5. The summed E-state index contributed by atoms with van der Waals surface area (Å²) in [6.45, 7) is 0.945. The van der Waals surface area contributed by atoms with Gasteiger partial charge in [-0.1, -0.05) is 27.3 Å². The number of carbonyl (C=O) groups is 1. The third-order valence-corrected chi connectivity index (χ3v) is 6.57. The monoisotopic (exact) mass is 468 g/mol. The molecule has 0 spiro atoms. The molecule has 0 radical (unpaired) electrons. The van der Waals surface area contributed by atoms with Crippen LogP contribution in [0.3, 0.4) is 0 Å². The van der Waals surface area contributed by atoms with Crippen molar-refractivity contribution in [3.8, 4) is 0 Å². The van der Waals surface area contributed by atoms with Gasteiger partial charge in [0.25, 0.3) is 5.91 Å². The van der Waals surface area contributed by atoms with Crippen molar-refractivity contribution in [3.05, 3.63) is 57.3 Å². The molecule has 3 rings (SSSR count). The Hall–Kier alpha value is -1.81. The predicted octanol–water partition coefficient (Wildman–Crippen LogP) is 3.26. The molecule has 0 unspecified atom stereocenters. The van der Waals surface area contributed by atoms with Crippen molar-refractivity contribution >= 4 is 53.2 Å². The lowest BCUT2D eigenvalue weighted by molar-refractivity contribution is 0.0997. The van der Waals surface area contributed by atoms with E-state index in [2.05, 4.69) is 20.9 Å². The number of hydrogen-bond acceptors (Lipinski definition) is 5. The van der Waals surface area contributed by atoms with Crippen LogP contribution in [0.25, 0.3) is 10.2 Å².